The third-order valence-electron chi connectivity index (χ3n) is 3.31. The molecule has 1 aromatic rings. The van der Waals surface area contributed by atoms with Gasteiger partial charge in [-0.2, -0.15) is 0 Å². The van der Waals surface area contributed by atoms with Crippen molar-refractivity contribution in [1.29, 1.82) is 0 Å². The van der Waals surface area contributed by atoms with Crippen LogP contribution < -0.4 is 10.5 Å². The highest BCUT2D eigenvalue weighted by molar-refractivity contribution is 5.31. The molecule has 0 aliphatic rings. The minimum Gasteiger partial charge on any atom is -0.497 e. The van der Waals surface area contributed by atoms with Crippen molar-refractivity contribution < 1.29 is 9.84 Å². The molecule has 3 N–H and O–H groups in total. The molecule has 0 radical (unpaired) electrons. The molecule has 1 aromatic carbocycles. The monoisotopic (exact) mass is 266 g/mol. The molecule has 4 heteroatoms. The van der Waals surface area contributed by atoms with Crippen molar-refractivity contribution in [2.24, 2.45) is 5.73 Å². The molecule has 4 nitrogen and oxygen atoms in total. The molecule has 0 aromatic heterocycles. The molecule has 0 aliphatic carbocycles. The van der Waals surface area contributed by atoms with Crippen LogP contribution in [0.25, 0.3) is 0 Å². The van der Waals surface area contributed by atoms with Gasteiger partial charge in [0.15, 0.2) is 0 Å². The van der Waals surface area contributed by atoms with Gasteiger partial charge in [0.1, 0.15) is 5.75 Å². The number of rotatable bonds is 7. The Balaban J connectivity index is 2.86. The van der Waals surface area contributed by atoms with Crippen molar-refractivity contribution in [2.45, 2.75) is 38.5 Å². The van der Waals surface area contributed by atoms with E-state index in [0.29, 0.717) is 0 Å². The van der Waals surface area contributed by atoms with E-state index in [4.69, 9.17) is 10.5 Å². The number of methoxy groups -OCH3 is 1. The Morgan fingerprint density at radius 3 is 2.58 bits per heavy atom. The fraction of sp³-hybridized carbons (Fsp3) is 0.600. The van der Waals surface area contributed by atoms with Gasteiger partial charge >= 0.3 is 0 Å². The van der Waals surface area contributed by atoms with Crippen LogP contribution in [-0.2, 0) is 0 Å². The molecule has 19 heavy (non-hydrogen) atoms. The lowest BCUT2D eigenvalue weighted by Crippen LogP contribution is -2.38. The number of hydrogen-bond acceptors (Lipinski definition) is 4. The van der Waals surface area contributed by atoms with E-state index in [-0.39, 0.29) is 18.2 Å². The van der Waals surface area contributed by atoms with Crippen LogP contribution in [0.2, 0.25) is 0 Å². The van der Waals surface area contributed by atoms with Crippen molar-refractivity contribution in [1.82, 2.24) is 4.90 Å². The standard InChI is InChI=1S/C15H26N2O2/c1-11(18)8-9-17(3)15(12(2)16)13-6-5-7-14(10-13)19-4/h5-7,10-12,15,18H,8-9,16H2,1-4H3. The normalized spacial score (nSPS) is 16.2. The van der Waals surface area contributed by atoms with Crippen molar-refractivity contribution in [3.63, 3.8) is 0 Å². The molecule has 0 aliphatic heterocycles. The summed E-state index contributed by atoms with van der Waals surface area (Å²) < 4.78 is 5.26. The van der Waals surface area contributed by atoms with E-state index >= 15 is 0 Å². The van der Waals surface area contributed by atoms with E-state index in [2.05, 4.69) is 11.0 Å². The summed E-state index contributed by atoms with van der Waals surface area (Å²) in [6.45, 7) is 4.62. The van der Waals surface area contributed by atoms with Crippen LogP contribution in [0.5, 0.6) is 5.75 Å². The van der Waals surface area contributed by atoms with Gasteiger partial charge in [0.2, 0.25) is 0 Å². The van der Waals surface area contributed by atoms with Gasteiger partial charge in [-0.1, -0.05) is 12.1 Å². The van der Waals surface area contributed by atoms with Crippen LogP contribution in [-0.4, -0.2) is 42.9 Å². The summed E-state index contributed by atoms with van der Waals surface area (Å²) in [6.07, 6.45) is 0.449. The second-order valence-electron chi connectivity index (χ2n) is 5.20. The molecule has 0 amide bonds. The predicted octanol–water partition coefficient (Wildman–Crippen LogP) is 1.79. The van der Waals surface area contributed by atoms with Gasteiger partial charge in [-0.05, 0) is 45.0 Å². The number of ether oxygens (including phenoxy) is 1. The van der Waals surface area contributed by atoms with Crippen molar-refractivity contribution in [3.05, 3.63) is 29.8 Å². The van der Waals surface area contributed by atoms with E-state index in [1.807, 2.05) is 32.2 Å². The van der Waals surface area contributed by atoms with Crippen molar-refractivity contribution in [3.8, 4) is 5.75 Å². The summed E-state index contributed by atoms with van der Waals surface area (Å²) in [5, 5.41) is 9.40. The Bertz CT molecular complexity index is 380. The molecule has 0 heterocycles. The molecular weight excluding hydrogens is 240 g/mol. The fourth-order valence-corrected chi connectivity index (χ4v) is 2.31. The summed E-state index contributed by atoms with van der Waals surface area (Å²) in [5.74, 6) is 0.840. The molecule has 1 rings (SSSR count). The number of hydrogen-bond donors (Lipinski definition) is 2. The smallest absolute Gasteiger partial charge is 0.119 e. The van der Waals surface area contributed by atoms with Gasteiger partial charge in [0.25, 0.3) is 0 Å². The first-order valence-corrected chi connectivity index (χ1v) is 6.73. The molecule has 108 valence electrons. The maximum absolute atomic E-state index is 9.40. The minimum atomic E-state index is -0.290. The maximum Gasteiger partial charge on any atom is 0.119 e. The molecule has 0 saturated carbocycles. The van der Waals surface area contributed by atoms with Gasteiger partial charge in [-0.25, -0.2) is 0 Å². The molecule has 0 bridgehead atoms. The third kappa shape index (κ3) is 4.82. The van der Waals surface area contributed by atoms with Crippen LogP contribution in [0.1, 0.15) is 31.9 Å². The summed E-state index contributed by atoms with van der Waals surface area (Å²) in [4.78, 5) is 2.19. The predicted molar refractivity (Wildman–Crippen MR) is 78.3 cm³/mol. The fourth-order valence-electron chi connectivity index (χ4n) is 2.31. The number of aliphatic hydroxyl groups excluding tert-OH is 1. The highest BCUT2D eigenvalue weighted by atomic mass is 16.5. The van der Waals surface area contributed by atoms with Gasteiger partial charge < -0.3 is 15.6 Å². The van der Waals surface area contributed by atoms with Gasteiger partial charge in [-0.3, -0.25) is 4.90 Å². The zero-order chi connectivity index (χ0) is 14.4. The maximum atomic E-state index is 9.40. The van der Waals surface area contributed by atoms with E-state index in [1.165, 1.54) is 0 Å². The van der Waals surface area contributed by atoms with E-state index < -0.39 is 0 Å². The van der Waals surface area contributed by atoms with Crippen LogP contribution in [0.3, 0.4) is 0 Å². The molecule has 3 unspecified atom stereocenters. The van der Waals surface area contributed by atoms with Crippen LogP contribution in [0.15, 0.2) is 24.3 Å². The molecule has 0 saturated heterocycles. The molecular formula is C15H26N2O2. The molecule has 3 atom stereocenters. The highest BCUT2D eigenvalue weighted by Gasteiger charge is 2.21. The Kier molecular flexibility index (Phi) is 6.28. The third-order valence-corrected chi connectivity index (χ3v) is 3.31. The second-order valence-corrected chi connectivity index (χ2v) is 5.20. The average molecular weight is 266 g/mol. The zero-order valence-corrected chi connectivity index (χ0v) is 12.3. The summed E-state index contributed by atoms with van der Waals surface area (Å²) in [6, 6.07) is 8.12. The lowest BCUT2D eigenvalue weighted by Gasteiger charge is -2.32. The lowest BCUT2D eigenvalue weighted by atomic mass is 9.99. The Hall–Kier alpha value is -1.10. The average Bonchev–Trinajstić information content (AvgIpc) is 2.36. The van der Waals surface area contributed by atoms with Crippen molar-refractivity contribution >= 4 is 0 Å². The Labute approximate surface area is 116 Å². The van der Waals surface area contributed by atoms with Crippen LogP contribution in [0.4, 0.5) is 0 Å². The van der Waals surface area contributed by atoms with Gasteiger partial charge in [0.05, 0.1) is 13.2 Å². The second kappa shape index (κ2) is 7.48. The van der Waals surface area contributed by atoms with E-state index in [1.54, 1.807) is 14.0 Å². The number of aliphatic hydroxyl groups is 1. The lowest BCUT2D eigenvalue weighted by molar-refractivity contribution is 0.143. The number of benzene rings is 1. The number of nitrogens with zero attached hydrogens (tertiary/aromatic N) is 1. The van der Waals surface area contributed by atoms with Gasteiger partial charge in [-0.15, -0.1) is 0 Å². The quantitative estimate of drug-likeness (QED) is 0.790. The Morgan fingerprint density at radius 2 is 2.05 bits per heavy atom. The van der Waals surface area contributed by atoms with Crippen LogP contribution in [0, 0.1) is 0 Å². The molecule has 0 spiro atoms. The highest BCUT2D eigenvalue weighted by Crippen LogP contribution is 2.25. The summed E-state index contributed by atoms with van der Waals surface area (Å²) >= 11 is 0. The largest absolute Gasteiger partial charge is 0.497 e. The summed E-state index contributed by atoms with van der Waals surface area (Å²) in [5.41, 5.74) is 7.26. The summed E-state index contributed by atoms with van der Waals surface area (Å²) in [7, 11) is 3.70. The molecule has 0 fully saturated rings. The van der Waals surface area contributed by atoms with E-state index in [0.717, 1.165) is 24.3 Å². The first kappa shape index (κ1) is 16.0. The zero-order valence-electron chi connectivity index (χ0n) is 12.3. The van der Waals surface area contributed by atoms with Crippen LogP contribution >= 0.6 is 0 Å². The van der Waals surface area contributed by atoms with Crippen molar-refractivity contribution in [2.75, 3.05) is 20.7 Å². The number of likely N-dealkylation sites (N-methyl/N-ethyl adjacent to an activating group) is 1. The van der Waals surface area contributed by atoms with E-state index in [9.17, 15) is 5.11 Å². The minimum absolute atomic E-state index is 0.00565. The number of nitrogens with two attached hydrogens (primary N) is 1. The SMILES string of the molecule is COc1cccc(C(C(C)N)N(C)CCC(C)O)c1. The topological polar surface area (TPSA) is 58.7 Å². The Morgan fingerprint density at radius 1 is 1.37 bits per heavy atom. The van der Waals surface area contributed by atoms with Gasteiger partial charge in [0, 0.05) is 18.6 Å². The first-order chi connectivity index (χ1) is 8.95. The first-order valence-electron chi connectivity index (χ1n) is 6.73.